The standard InChI is InChI=1S/C32H22Cl3OS2.6FH.Sb/c1-21-2-4-23(5-3-21)32(36)37-26-12-19-30(31(35)20-26)22-6-13-27(14-7-22)38(28-15-8-24(33)9-16-28)29-17-10-25(34)11-18-29;;;;;;;/h2-20H,1H3;6*1H;/q+1;;;;;;;+5/p-6. The molecule has 0 amide bonds. The maximum atomic E-state index is 12.7. The summed E-state index contributed by atoms with van der Waals surface area (Å²) in [6.07, 6.45) is 0. The number of hydrogen-bond acceptors (Lipinski definition) is 2. The van der Waals surface area contributed by atoms with E-state index < -0.39 is 19.5 Å². The maximum absolute atomic E-state index is 12.7. The first-order valence-electron chi connectivity index (χ1n) is 12.8. The molecule has 0 N–H and O–H groups in total. The van der Waals surface area contributed by atoms with Crippen molar-refractivity contribution >= 4 is 82.1 Å². The Morgan fingerprint density at radius 1 is 0.622 bits per heavy atom. The third kappa shape index (κ3) is 11.8. The molecule has 5 rings (SSSR count). The zero-order valence-corrected chi connectivity index (χ0v) is 29.5. The zero-order valence-electron chi connectivity index (χ0n) is 23.0. The zero-order chi connectivity index (χ0) is 33.1. The van der Waals surface area contributed by atoms with E-state index in [1.807, 2.05) is 73.7 Å². The van der Waals surface area contributed by atoms with Gasteiger partial charge in [-0.15, -0.1) is 0 Å². The Hall–Kier alpha value is -2.26. The summed E-state index contributed by atoms with van der Waals surface area (Å²) in [4.78, 5) is 17.0. The summed E-state index contributed by atoms with van der Waals surface area (Å²) in [5.74, 6) is 0. The fraction of sp³-hybridized carbons (Fsp3) is 0.0312. The topological polar surface area (TPSA) is 17.1 Å². The van der Waals surface area contributed by atoms with Crippen LogP contribution in [-0.4, -0.2) is 24.6 Å². The van der Waals surface area contributed by atoms with Crippen molar-refractivity contribution < 1.29 is 21.7 Å². The van der Waals surface area contributed by atoms with Gasteiger partial charge in [0, 0.05) is 31.1 Å². The summed E-state index contributed by atoms with van der Waals surface area (Å²) in [7, 11) is -0.322. The first-order chi connectivity index (χ1) is 20.8. The molecule has 0 radical (unpaired) electrons. The van der Waals surface area contributed by atoms with Crippen LogP contribution in [0, 0.1) is 6.92 Å². The Morgan fingerprint density at radius 3 is 1.47 bits per heavy atom. The second-order valence-corrected chi connectivity index (χ2v) is 19.4. The van der Waals surface area contributed by atoms with E-state index in [0.29, 0.717) is 20.6 Å². The van der Waals surface area contributed by atoms with Crippen LogP contribution in [0.15, 0.2) is 135 Å². The molecule has 0 aliphatic heterocycles. The van der Waals surface area contributed by atoms with E-state index in [4.69, 9.17) is 34.8 Å². The van der Waals surface area contributed by atoms with E-state index in [9.17, 15) is 21.7 Å². The van der Waals surface area contributed by atoms with Gasteiger partial charge in [-0.25, -0.2) is 0 Å². The van der Waals surface area contributed by atoms with E-state index in [1.165, 1.54) is 26.4 Å². The number of halogens is 9. The van der Waals surface area contributed by atoms with Crippen LogP contribution in [0.2, 0.25) is 15.1 Å². The number of carbonyl (C=O) groups excluding carboxylic acids is 1. The number of thioether (sulfide) groups is 1. The van der Waals surface area contributed by atoms with E-state index in [-0.39, 0.29) is 16.0 Å². The van der Waals surface area contributed by atoms with Gasteiger partial charge in [-0.2, -0.15) is 0 Å². The Bertz CT molecular complexity index is 1750. The first-order valence-corrected chi connectivity index (χ1v) is 21.8. The van der Waals surface area contributed by atoms with Crippen LogP contribution < -0.4 is 0 Å². The second-order valence-electron chi connectivity index (χ2n) is 9.59. The Morgan fingerprint density at radius 2 is 1.04 bits per heavy atom. The third-order valence-electron chi connectivity index (χ3n) is 5.94. The van der Waals surface area contributed by atoms with Crippen molar-refractivity contribution in [3.63, 3.8) is 0 Å². The molecule has 0 spiro atoms. The SMILES string of the molecule is Cc1ccc(C(=O)Sc2ccc(-c3ccc([S+](c4ccc(Cl)cc4)c4ccc(Cl)cc4)cc3)c(Cl)c2)cc1.[F][Sb-]([F])([F])([F])([F])[F]. The van der Waals surface area contributed by atoms with Gasteiger partial charge in [-0.05, 0) is 109 Å². The van der Waals surface area contributed by atoms with Gasteiger partial charge in [-0.1, -0.05) is 70.7 Å². The van der Waals surface area contributed by atoms with Crippen molar-refractivity contribution in [2.75, 3.05) is 0 Å². The summed E-state index contributed by atoms with van der Waals surface area (Å²) in [5, 5.41) is 2.02. The van der Waals surface area contributed by atoms with Gasteiger partial charge in [0.05, 0.1) is 10.9 Å². The van der Waals surface area contributed by atoms with Crippen molar-refractivity contribution in [2.24, 2.45) is 0 Å². The second kappa shape index (κ2) is 13.5. The van der Waals surface area contributed by atoms with Gasteiger partial charge >= 0.3 is 36.4 Å². The first kappa shape index (κ1) is 35.6. The molecule has 5 aromatic carbocycles. The molecule has 0 saturated heterocycles. The van der Waals surface area contributed by atoms with Crippen molar-refractivity contribution in [3.8, 4) is 11.1 Å². The van der Waals surface area contributed by atoms with Gasteiger partial charge in [0.15, 0.2) is 14.7 Å². The summed E-state index contributed by atoms with van der Waals surface area (Å²) in [5.41, 5.74) is 3.73. The summed E-state index contributed by atoms with van der Waals surface area (Å²) >= 11 is 8.95. The number of rotatable bonds is 6. The van der Waals surface area contributed by atoms with Crippen LogP contribution in [0.4, 0.5) is 16.9 Å². The van der Waals surface area contributed by atoms with Gasteiger partial charge in [0.25, 0.3) is 0 Å². The molecular weight excluding hydrogens is 807 g/mol. The number of carbonyl (C=O) groups is 1. The van der Waals surface area contributed by atoms with E-state index in [1.54, 1.807) is 0 Å². The number of benzene rings is 5. The number of aryl methyl sites for hydroxylation is 1. The van der Waals surface area contributed by atoms with Gasteiger partial charge in [-0.3, -0.25) is 4.79 Å². The molecule has 0 saturated carbocycles. The Labute approximate surface area is 280 Å². The van der Waals surface area contributed by atoms with Crippen LogP contribution in [0.1, 0.15) is 15.9 Å². The average molecular weight is 829 g/mol. The van der Waals surface area contributed by atoms with Crippen LogP contribution in [0.25, 0.3) is 11.1 Å². The predicted molar refractivity (Wildman–Crippen MR) is 176 cm³/mol. The van der Waals surface area contributed by atoms with Gasteiger partial charge < -0.3 is 0 Å². The van der Waals surface area contributed by atoms with E-state index in [0.717, 1.165) is 21.6 Å². The molecule has 1 nitrogen and oxygen atoms in total. The molecule has 0 fully saturated rings. The van der Waals surface area contributed by atoms with Crippen LogP contribution in [0.3, 0.4) is 0 Å². The fourth-order valence-corrected chi connectivity index (χ4v) is 7.40. The van der Waals surface area contributed by atoms with E-state index >= 15 is 0 Å². The quantitative estimate of drug-likeness (QED) is 0.0734. The molecule has 0 unspecified atom stereocenters. The molecule has 45 heavy (non-hydrogen) atoms. The molecule has 0 bridgehead atoms. The van der Waals surface area contributed by atoms with Crippen LogP contribution in [0.5, 0.6) is 0 Å². The predicted octanol–water partition coefficient (Wildman–Crippen LogP) is 12.8. The Balaban J connectivity index is 0.000000591. The molecule has 0 aromatic heterocycles. The van der Waals surface area contributed by atoms with Crippen molar-refractivity contribution in [1.29, 1.82) is 0 Å². The monoisotopic (exact) mass is 826 g/mol. The van der Waals surface area contributed by atoms with Gasteiger partial charge in [0.1, 0.15) is 0 Å². The molecule has 0 aliphatic carbocycles. The fourth-order valence-electron chi connectivity index (χ4n) is 3.97. The van der Waals surface area contributed by atoms with Crippen molar-refractivity contribution in [2.45, 2.75) is 26.5 Å². The van der Waals surface area contributed by atoms with Crippen molar-refractivity contribution in [1.82, 2.24) is 0 Å². The molecule has 0 aliphatic rings. The van der Waals surface area contributed by atoms with E-state index in [2.05, 4.69) is 48.5 Å². The third-order valence-corrected chi connectivity index (χ3v) is 9.90. The van der Waals surface area contributed by atoms with Crippen LogP contribution >= 0.6 is 46.6 Å². The molecule has 236 valence electrons. The summed E-state index contributed by atoms with van der Waals surface area (Å²) in [6, 6.07) is 37.8. The molecule has 5 aromatic rings. The minimum absolute atomic E-state index is 0.00500. The number of hydrogen-bond donors (Lipinski definition) is 0. The average Bonchev–Trinajstić information content (AvgIpc) is 2.94. The molecule has 0 heterocycles. The molecule has 13 heteroatoms. The minimum atomic E-state index is -11.2. The molecular formula is C32H22Cl3F6OS2Sb. The summed E-state index contributed by atoms with van der Waals surface area (Å²) < 4.78 is 59.6. The van der Waals surface area contributed by atoms with Crippen LogP contribution in [-0.2, 0) is 10.9 Å². The van der Waals surface area contributed by atoms with Gasteiger partial charge in [0.2, 0.25) is 5.12 Å². The molecule has 0 atom stereocenters. The normalized spacial score (nSPS) is 13.0. The Kier molecular flexibility index (Phi) is 10.6. The van der Waals surface area contributed by atoms with Crippen molar-refractivity contribution in [3.05, 3.63) is 141 Å². The summed E-state index contributed by atoms with van der Waals surface area (Å²) in [6.45, 7) is 2.00.